The normalized spacial score (nSPS) is 11.4. The number of nitrogens with one attached hydrogen (secondary N) is 2. The standard InChI is InChI=1S/C18H20N2O3/c1-18(2,3)14-8-6-13(7-9-14)17(22)20-19-16(21)11-10-15-5-4-12-23-15/h4-12H,1-3H3,(H,19,21)(H,20,22). The van der Waals surface area contributed by atoms with E-state index >= 15 is 0 Å². The minimum atomic E-state index is -0.443. The van der Waals surface area contributed by atoms with E-state index in [0.717, 1.165) is 5.56 Å². The van der Waals surface area contributed by atoms with Crippen LogP contribution in [-0.2, 0) is 10.2 Å². The molecule has 0 spiro atoms. The summed E-state index contributed by atoms with van der Waals surface area (Å²) in [6, 6.07) is 10.7. The van der Waals surface area contributed by atoms with Gasteiger partial charge in [0, 0.05) is 11.6 Å². The van der Waals surface area contributed by atoms with Gasteiger partial charge in [0.05, 0.1) is 6.26 Å². The molecule has 1 aromatic carbocycles. The maximum atomic E-state index is 12.0. The van der Waals surface area contributed by atoms with Crippen LogP contribution >= 0.6 is 0 Å². The van der Waals surface area contributed by atoms with Crippen molar-refractivity contribution in [2.45, 2.75) is 26.2 Å². The number of carbonyl (C=O) groups excluding carboxylic acids is 2. The summed E-state index contributed by atoms with van der Waals surface area (Å²) >= 11 is 0. The van der Waals surface area contributed by atoms with Crippen molar-refractivity contribution in [3.05, 3.63) is 65.6 Å². The molecule has 2 amide bonds. The van der Waals surface area contributed by atoms with E-state index in [1.54, 1.807) is 24.3 Å². The highest BCUT2D eigenvalue weighted by Gasteiger charge is 2.14. The van der Waals surface area contributed by atoms with E-state index in [2.05, 4.69) is 31.6 Å². The van der Waals surface area contributed by atoms with Gasteiger partial charge in [-0.15, -0.1) is 0 Å². The molecule has 5 nitrogen and oxygen atoms in total. The fourth-order valence-corrected chi connectivity index (χ4v) is 1.90. The molecule has 2 rings (SSSR count). The molecule has 0 atom stereocenters. The van der Waals surface area contributed by atoms with Crippen molar-refractivity contribution in [2.24, 2.45) is 0 Å². The molecule has 0 aliphatic carbocycles. The molecule has 1 aromatic heterocycles. The lowest BCUT2D eigenvalue weighted by Gasteiger charge is -2.19. The first-order valence-electron chi connectivity index (χ1n) is 7.29. The Kier molecular flexibility index (Phi) is 5.01. The monoisotopic (exact) mass is 312 g/mol. The van der Waals surface area contributed by atoms with Crippen LogP contribution in [0, 0.1) is 0 Å². The molecule has 1 heterocycles. The summed E-state index contributed by atoms with van der Waals surface area (Å²) in [5.74, 6) is -0.254. The summed E-state index contributed by atoms with van der Waals surface area (Å²) in [4.78, 5) is 23.6. The van der Waals surface area contributed by atoms with Crippen molar-refractivity contribution in [3.8, 4) is 0 Å². The molecule has 0 unspecified atom stereocenters. The van der Waals surface area contributed by atoms with Crippen LogP contribution in [0.15, 0.2) is 53.2 Å². The topological polar surface area (TPSA) is 71.3 Å². The van der Waals surface area contributed by atoms with Gasteiger partial charge in [-0.25, -0.2) is 0 Å². The molecule has 0 saturated heterocycles. The van der Waals surface area contributed by atoms with Crippen molar-refractivity contribution in [1.82, 2.24) is 10.9 Å². The molecule has 5 heteroatoms. The molecule has 23 heavy (non-hydrogen) atoms. The van der Waals surface area contributed by atoms with E-state index in [1.807, 2.05) is 12.1 Å². The van der Waals surface area contributed by atoms with E-state index in [0.29, 0.717) is 11.3 Å². The Hall–Kier alpha value is -2.82. The predicted molar refractivity (Wildman–Crippen MR) is 88.5 cm³/mol. The van der Waals surface area contributed by atoms with Gasteiger partial charge in [0.1, 0.15) is 5.76 Å². The van der Waals surface area contributed by atoms with E-state index in [1.165, 1.54) is 18.4 Å². The molecule has 0 fully saturated rings. The number of hydrogen-bond acceptors (Lipinski definition) is 3. The van der Waals surface area contributed by atoms with Gasteiger partial charge < -0.3 is 4.42 Å². The molecule has 2 aromatic rings. The highest BCUT2D eigenvalue weighted by atomic mass is 16.3. The number of rotatable bonds is 3. The zero-order chi connectivity index (χ0) is 16.9. The number of hydrazine groups is 1. The Labute approximate surface area is 135 Å². The first-order chi connectivity index (χ1) is 10.9. The Morgan fingerprint density at radius 3 is 2.30 bits per heavy atom. The molecule has 120 valence electrons. The number of carbonyl (C=O) groups is 2. The van der Waals surface area contributed by atoms with Crippen LogP contribution in [-0.4, -0.2) is 11.8 Å². The highest BCUT2D eigenvalue weighted by molar-refractivity contribution is 5.97. The van der Waals surface area contributed by atoms with Crippen LogP contribution in [0.2, 0.25) is 0 Å². The number of benzene rings is 1. The predicted octanol–water partition coefficient (Wildman–Crippen LogP) is 3.05. The molecule has 0 aliphatic rings. The van der Waals surface area contributed by atoms with Crippen LogP contribution < -0.4 is 10.9 Å². The summed E-state index contributed by atoms with van der Waals surface area (Å²) < 4.78 is 5.06. The Morgan fingerprint density at radius 2 is 1.74 bits per heavy atom. The zero-order valence-corrected chi connectivity index (χ0v) is 13.4. The maximum absolute atomic E-state index is 12.0. The van der Waals surface area contributed by atoms with Crippen LogP contribution in [0.3, 0.4) is 0 Å². The Balaban J connectivity index is 1.88. The lowest BCUT2D eigenvalue weighted by molar-refractivity contribution is -0.117. The molecular weight excluding hydrogens is 292 g/mol. The molecule has 2 N–H and O–H groups in total. The van der Waals surface area contributed by atoms with E-state index in [4.69, 9.17) is 4.42 Å². The van der Waals surface area contributed by atoms with Gasteiger partial charge in [-0.05, 0) is 41.3 Å². The number of furan rings is 1. The van der Waals surface area contributed by atoms with Gasteiger partial charge in [0.2, 0.25) is 0 Å². The van der Waals surface area contributed by atoms with Crippen LogP contribution in [0.5, 0.6) is 0 Å². The van der Waals surface area contributed by atoms with Crippen molar-refractivity contribution < 1.29 is 14.0 Å². The third kappa shape index (κ3) is 4.85. The van der Waals surface area contributed by atoms with Crippen LogP contribution in [0.4, 0.5) is 0 Å². The maximum Gasteiger partial charge on any atom is 0.269 e. The first kappa shape index (κ1) is 16.5. The fourth-order valence-electron chi connectivity index (χ4n) is 1.90. The number of amides is 2. The average Bonchev–Trinajstić information content (AvgIpc) is 3.03. The van der Waals surface area contributed by atoms with Gasteiger partial charge >= 0.3 is 0 Å². The highest BCUT2D eigenvalue weighted by Crippen LogP contribution is 2.22. The summed E-state index contributed by atoms with van der Waals surface area (Å²) in [6.45, 7) is 6.31. The van der Waals surface area contributed by atoms with E-state index in [9.17, 15) is 9.59 Å². The van der Waals surface area contributed by atoms with E-state index < -0.39 is 5.91 Å². The van der Waals surface area contributed by atoms with Crippen molar-refractivity contribution in [3.63, 3.8) is 0 Å². The molecule has 0 saturated carbocycles. The summed E-state index contributed by atoms with van der Waals surface area (Å²) in [6.07, 6.45) is 4.31. The Bertz CT molecular complexity index is 693. The van der Waals surface area contributed by atoms with Gasteiger partial charge in [-0.3, -0.25) is 20.4 Å². The Morgan fingerprint density at radius 1 is 1.04 bits per heavy atom. The minimum Gasteiger partial charge on any atom is -0.465 e. The largest absolute Gasteiger partial charge is 0.465 e. The second-order valence-electron chi connectivity index (χ2n) is 6.12. The van der Waals surface area contributed by atoms with Gasteiger partial charge in [-0.2, -0.15) is 0 Å². The summed E-state index contributed by atoms with van der Waals surface area (Å²) in [5, 5.41) is 0. The van der Waals surface area contributed by atoms with Crippen LogP contribution in [0.1, 0.15) is 42.5 Å². The van der Waals surface area contributed by atoms with Gasteiger partial charge in [0.15, 0.2) is 0 Å². The van der Waals surface area contributed by atoms with Gasteiger partial charge in [0.25, 0.3) is 11.8 Å². The summed E-state index contributed by atoms with van der Waals surface area (Å²) in [5.41, 5.74) is 6.33. The van der Waals surface area contributed by atoms with Crippen molar-refractivity contribution in [1.29, 1.82) is 0 Å². The van der Waals surface area contributed by atoms with E-state index in [-0.39, 0.29) is 11.3 Å². The first-order valence-corrected chi connectivity index (χ1v) is 7.29. The fraction of sp³-hybridized carbons (Fsp3) is 0.222. The van der Waals surface area contributed by atoms with Gasteiger partial charge in [-0.1, -0.05) is 32.9 Å². The molecule has 0 aliphatic heterocycles. The lowest BCUT2D eigenvalue weighted by atomic mass is 9.87. The smallest absolute Gasteiger partial charge is 0.269 e. The van der Waals surface area contributed by atoms with Crippen molar-refractivity contribution >= 4 is 17.9 Å². The SMILES string of the molecule is CC(C)(C)c1ccc(C(=O)NNC(=O)C=Cc2ccco2)cc1. The average molecular weight is 312 g/mol. The number of hydrogen-bond donors (Lipinski definition) is 2. The third-order valence-corrected chi connectivity index (χ3v) is 3.25. The molecular formula is C18H20N2O3. The lowest BCUT2D eigenvalue weighted by Crippen LogP contribution is -2.40. The van der Waals surface area contributed by atoms with Crippen molar-refractivity contribution in [2.75, 3.05) is 0 Å². The minimum absolute atomic E-state index is 0.0276. The quantitative estimate of drug-likeness (QED) is 0.676. The summed E-state index contributed by atoms with van der Waals surface area (Å²) in [7, 11) is 0. The van der Waals surface area contributed by atoms with Crippen LogP contribution in [0.25, 0.3) is 6.08 Å². The second kappa shape index (κ2) is 6.96. The third-order valence-electron chi connectivity index (χ3n) is 3.25. The molecule has 0 bridgehead atoms. The molecule has 0 radical (unpaired) electrons. The zero-order valence-electron chi connectivity index (χ0n) is 13.4. The second-order valence-corrected chi connectivity index (χ2v) is 6.12.